The van der Waals surface area contributed by atoms with Crippen LogP contribution in [0.15, 0.2) is 29.6 Å². The number of aromatic nitrogens is 1. The van der Waals surface area contributed by atoms with E-state index in [-0.39, 0.29) is 17.7 Å². The van der Waals surface area contributed by atoms with Gasteiger partial charge in [-0.15, -0.1) is 11.3 Å². The minimum absolute atomic E-state index is 0.00102. The van der Waals surface area contributed by atoms with Gasteiger partial charge in [-0.25, -0.2) is 4.98 Å². The number of hydrogen-bond acceptors (Lipinski definition) is 5. The zero-order valence-electron chi connectivity index (χ0n) is 15.0. The van der Waals surface area contributed by atoms with E-state index in [1.54, 1.807) is 17.3 Å². The number of amides is 2. The number of rotatable bonds is 5. The molecule has 6 nitrogen and oxygen atoms in total. The van der Waals surface area contributed by atoms with Crippen molar-refractivity contribution >= 4 is 23.2 Å². The second kappa shape index (κ2) is 8.31. The van der Waals surface area contributed by atoms with Gasteiger partial charge in [-0.2, -0.15) is 0 Å². The summed E-state index contributed by atoms with van der Waals surface area (Å²) in [6.07, 6.45) is 1.39. The molecule has 0 spiro atoms. The average Bonchev–Trinajstić information content (AvgIpc) is 3.18. The molecule has 26 heavy (non-hydrogen) atoms. The van der Waals surface area contributed by atoms with E-state index in [1.165, 1.54) is 11.3 Å². The van der Waals surface area contributed by atoms with E-state index in [0.717, 1.165) is 16.3 Å². The Morgan fingerprint density at radius 1 is 1.27 bits per heavy atom. The number of ether oxygens (including phenoxy) is 1. The molecule has 1 N–H and O–H groups in total. The minimum Gasteiger partial charge on any atom is -0.494 e. The number of piperidine rings is 1. The summed E-state index contributed by atoms with van der Waals surface area (Å²) < 4.78 is 5.45. The number of carbonyl (C=O) groups is 2. The van der Waals surface area contributed by atoms with Gasteiger partial charge >= 0.3 is 0 Å². The number of carbonyl (C=O) groups excluding carboxylic acids is 2. The van der Waals surface area contributed by atoms with E-state index < -0.39 is 0 Å². The summed E-state index contributed by atoms with van der Waals surface area (Å²) >= 11 is 1.46. The Balaban J connectivity index is 1.64. The van der Waals surface area contributed by atoms with E-state index in [1.807, 2.05) is 31.2 Å². The van der Waals surface area contributed by atoms with Gasteiger partial charge in [0, 0.05) is 37.0 Å². The maximum atomic E-state index is 12.7. The highest BCUT2D eigenvalue weighted by Crippen LogP contribution is 2.27. The van der Waals surface area contributed by atoms with Gasteiger partial charge in [0.25, 0.3) is 5.91 Å². The Labute approximate surface area is 157 Å². The van der Waals surface area contributed by atoms with E-state index in [4.69, 9.17) is 4.74 Å². The van der Waals surface area contributed by atoms with E-state index in [0.29, 0.717) is 38.2 Å². The molecule has 0 aliphatic carbocycles. The SMILES string of the molecule is CCOc1ccc(-c2nc(C(=O)N3CCC(C(=O)NC)CC3)cs2)cc1. The molecular formula is C19H23N3O3S. The molecule has 1 aliphatic heterocycles. The molecule has 1 aromatic carbocycles. The van der Waals surface area contributed by atoms with Crippen LogP contribution < -0.4 is 10.1 Å². The van der Waals surface area contributed by atoms with Crippen molar-refractivity contribution in [2.45, 2.75) is 19.8 Å². The molecule has 0 bridgehead atoms. The molecule has 2 amide bonds. The van der Waals surface area contributed by atoms with Gasteiger partial charge in [-0.1, -0.05) is 0 Å². The van der Waals surface area contributed by atoms with Crippen molar-refractivity contribution in [2.75, 3.05) is 26.7 Å². The normalized spacial score (nSPS) is 14.9. The first-order valence-electron chi connectivity index (χ1n) is 8.82. The zero-order valence-corrected chi connectivity index (χ0v) is 15.8. The van der Waals surface area contributed by atoms with Crippen LogP contribution in [0.3, 0.4) is 0 Å². The van der Waals surface area contributed by atoms with Crippen LogP contribution in [0.5, 0.6) is 5.75 Å². The third-order valence-corrected chi connectivity index (χ3v) is 5.43. The maximum absolute atomic E-state index is 12.7. The molecule has 0 radical (unpaired) electrons. The van der Waals surface area contributed by atoms with Gasteiger partial charge in [0.1, 0.15) is 16.5 Å². The van der Waals surface area contributed by atoms with Crippen LogP contribution in [0.2, 0.25) is 0 Å². The monoisotopic (exact) mass is 373 g/mol. The number of nitrogens with zero attached hydrogens (tertiary/aromatic N) is 2. The van der Waals surface area contributed by atoms with Gasteiger partial charge in [-0.3, -0.25) is 9.59 Å². The maximum Gasteiger partial charge on any atom is 0.273 e. The van der Waals surface area contributed by atoms with Crippen molar-refractivity contribution in [3.05, 3.63) is 35.3 Å². The molecule has 138 valence electrons. The minimum atomic E-state index is -0.0613. The molecule has 2 heterocycles. The quantitative estimate of drug-likeness (QED) is 0.875. The summed E-state index contributed by atoms with van der Waals surface area (Å²) in [7, 11) is 1.65. The first-order valence-corrected chi connectivity index (χ1v) is 9.70. The van der Waals surface area contributed by atoms with Gasteiger partial charge in [0.2, 0.25) is 5.91 Å². The predicted molar refractivity (Wildman–Crippen MR) is 101 cm³/mol. The first kappa shape index (κ1) is 18.4. The van der Waals surface area contributed by atoms with Gasteiger partial charge < -0.3 is 15.0 Å². The average molecular weight is 373 g/mol. The van der Waals surface area contributed by atoms with Crippen LogP contribution in [0.1, 0.15) is 30.3 Å². The van der Waals surface area contributed by atoms with Crippen LogP contribution >= 0.6 is 11.3 Å². The van der Waals surface area contributed by atoms with Crippen LogP contribution in [0.25, 0.3) is 10.6 Å². The van der Waals surface area contributed by atoms with Crippen molar-refractivity contribution in [1.29, 1.82) is 0 Å². The summed E-state index contributed by atoms with van der Waals surface area (Å²) in [4.78, 5) is 30.7. The number of thiazole rings is 1. The molecule has 0 unspecified atom stereocenters. The topological polar surface area (TPSA) is 71.5 Å². The zero-order chi connectivity index (χ0) is 18.5. The third-order valence-electron chi connectivity index (χ3n) is 4.53. The molecule has 3 rings (SSSR count). The fourth-order valence-corrected chi connectivity index (χ4v) is 3.88. The molecule has 1 aliphatic rings. The fraction of sp³-hybridized carbons (Fsp3) is 0.421. The van der Waals surface area contributed by atoms with E-state index in [2.05, 4.69) is 10.3 Å². The molecular weight excluding hydrogens is 350 g/mol. The highest BCUT2D eigenvalue weighted by molar-refractivity contribution is 7.13. The summed E-state index contributed by atoms with van der Waals surface area (Å²) in [5.41, 5.74) is 1.44. The molecule has 0 atom stereocenters. The highest BCUT2D eigenvalue weighted by Gasteiger charge is 2.28. The van der Waals surface area contributed by atoms with Gasteiger partial charge in [0.15, 0.2) is 0 Å². The number of benzene rings is 1. The lowest BCUT2D eigenvalue weighted by Gasteiger charge is -2.30. The Bertz CT molecular complexity index is 765. The number of nitrogens with one attached hydrogen (secondary N) is 1. The van der Waals surface area contributed by atoms with Crippen molar-refractivity contribution in [2.24, 2.45) is 5.92 Å². The van der Waals surface area contributed by atoms with E-state index in [9.17, 15) is 9.59 Å². The first-order chi connectivity index (χ1) is 12.6. The van der Waals surface area contributed by atoms with Crippen LogP contribution in [-0.4, -0.2) is 48.4 Å². The summed E-state index contributed by atoms with van der Waals surface area (Å²) in [6, 6.07) is 7.72. The smallest absolute Gasteiger partial charge is 0.273 e. The van der Waals surface area contributed by atoms with Crippen molar-refractivity contribution in [3.63, 3.8) is 0 Å². The highest BCUT2D eigenvalue weighted by atomic mass is 32.1. The van der Waals surface area contributed by atoms with Crippen molar-refractivity contribution in [1.82, 2.24) is 15.2 Å². The lowest BCUT2D eigenvalue weighted by Crippen LogP contribution is -2.42. The van der Waals surface area contributed by atoms with Gasteiger partial charge in [-0.05, 0) is 44.0 Å². The van der Waals surface area contributed by atoms with Crippen LogP contribution in [-0.2, 0) is 4.79 Å². The number of likely N-dealkylation sites (tertiary alicyclic amines) is 1. The summed E-state index contributed by atoms with van der Waals surface area (Å²) in [6.45, 7) is 3.76. The van der Waals surface area contributed by atoms with Gasteiger partial charge in [0.05, 0.1) is 6.61 Å². The van der Waals surface area contributed by atoms with E-state index >= 15 is 0 Å². The Morgan fingerprint density at radius 2 is 1.96 bits per heavy atom. The molecule has 0 saturated carbocycles. The number of hydrogen-bond donors (Lipinski definition) is 1. The lowest BCUT2D eigenvalue weighted by molar-refractivity contribution is -0.125. The summed E-state index contributed by atoms with van der Waals surface area (Å²) in [5, 5.41) is 5.30. The Morgan fingerprint density at radius 3 is 2.58 bits per heavy atom. The van der Waals surface area contributed by atoms with Crippen molar-refractivity contribution in [3.8, 4) is 16.3 Å². The summed E-state index contributed by atoms with van der Waals surface area (Å²) in [5.74, 6) is 0.819. The van der Waals surface area contributed by atoms with Crippen LogP contribution in [0.4, 0.5) is 0 Å². The second-order valence-electron chi connectivity index (χ2n) is 6.18. The largest absolute Gasteiger partial charge is 0.494 e. The Kier molecular flexibility index (Phi) is 5.88. The van der Waals surface area contributed by atoms with Crippen LogP contribution in [0, 0.1) is 5.92 Å². The lowest BCUT2D eigenvalue weighted by atomic mass is 9.96. The molecule has 1 fully saturated rings. The predicted octanol–water partition coefficient (Wildman–Crippen LogP) is 2.81. The molecule has 7 heteroatoms. The second-order valence-corrected chi connectivity index (χ2v) is 7.03. The molecule has 1 saturated heterocycles. The third kappa shape index (κ3) is 4.04. The standard InChI is InChI=1S/C19H23N3O3S/c1-3-25-15-6-4-14(5-7-15)18-21-16(12-26-18)19(24)22-10-8-13(9-11-22)17(23)20-2/h4-7,12-13H,3,8-11H2,1-2H3,(H,20,23). The Hall–Kier alpha value is -2.41. The molecule has 1 aromatic heterocycles. The fourth-order valence-electron chi connectivity index (χ4n) is 3.08. The molecule has 2 aromatic rings. The van der Waals surface area contributed by atoms with Crippen molar-refractivity contribution < 1.29 is 14.3 Å².